The number of hydrogen-bond donors (Lipinski definition) is 1. The molecule has 0 amide bonds. The highest BCUT2D eigenvalue weighted by Crippen LogP contribution is 2.12. The zero-order chi connectivity index (χ0) is 11.1. The van der Waals surface area contributed by atoms with Crippen molar-refractivity contribution in [3.05, 3.63) is 35.9 Å². The van der Waals surface area contributed by atoms with Crippen molar-refractivity contribution in [1.82, 2.24) is 5.32 Å². The largest absolute Gasteiger partial charge is 0.299 e. The lowest BCUT2D eigenvalue weighted by molar-refractivity contribution is 0.380. The maximum atomic E-state index is 8.50. The van der Waals surface area contributed by atoms with Crippen molar-refractivity contribution < 1.29 is 0 Å². The van der Waals surface area contributed by atoms with Crippen LogP contribution >= 0.6 is 0 Å². The van der Waals surface area contributed by atoms with E-state index in [-0.39, 0.29) is 5.54 Å². The van der Waals surface area contributed by atoms with Gasteiger partial charge < -0.3 is 0 Å². The molecule has 0 spiro atoms. The Morgan fingerprint density at radius 1 is 1.27 bits per heavy atom. The molecule has 0 bridgehead atoms. The van der Waals surface area contributed by atoms with Crippen molar-refractivity contribution in [1.29, 1.82) is 5.26 Å². The second-order valence-corrected chi connectivity index (χ2v) is 4.38. The first-order valence-electron chi connectivity index (χ1n) is 5.30. The van der Waals surface area contributed by atoms with Crippen LogP contribution in [0.5, 0.6) is 0 Å². The number of benzene rings is 1. The molecule has 2 nitrogen and oxygen atoms in total. The van der Waals surface area contributed by atoms with E-state index >= 15 is 0 Å². The van der Waals surface area contributed by atoms with Crippen molar-refractivity contribution in [3.63, 3.8) is 0 Å². The van der Waals surface area contributed by atoms with Crippen LogP contribution in [0.2, 0.25) is 0 Å². The minimum absolute atomic E-state index is 0.0333. The van der Waals surface area contributed by atoms with Gasteiger partial charge in [-0.1, -0.05) is 30.3 Å². The first-order valence-corrected chi connectivity index (χ1v) is 5.30. The summed E-state index contributed by atoms with van der Waals surface area (Å²) in [5, 5.41) is 11.7. The Labute approximate surface area is 91.9 Å². The third-order valence-electron chi connectivity index (χ3n) is 2.53. The zero-order valence-electron chi connectivity index (χ0n) is 9.46. The second kappa shape index (κ2) is 5.53. The fraction of sp³-hybridized carbons (Fsp3) is 0.462. The molecule has 1 aromatic rings. The number of nitrogens with one attached hydrogen (secondary N) is 1. The van der Waals surface area contributed by atoms with E-state index in [1.165, 1.54) is 5.56 Å². The molecule has 0 heterocycles. The number of nitrogens with zero attached hydrogens (tertiary/aromatic N) is 1. The lowest BCUT2D eigenvalue weighted by Crippen LogP contribution is -2.39. The van der Waals surface area contributed by atoms with E-state index in [4.69, 9.17) is 5.26 Å². The molecule has 2 heteroatoms. The normalized spacial score (nSPS) is 11.0. The molecule has 0 aliphatic rings. The first-order chi connectivity index (χ1) is 7.14. The summed E-state index contributed by atoms with van der Waals surface area (Å²) in [5.41, 5.74) is 1.38. The van der Waals surface area contributed by atoms with Crippen LogP contribution in [0.4, 0.5) is 0 Å². The van der Waals surface area contributed by atoms with Gasteiger partial charge in [-0.05, 0) is 32.3 Å². The summed E-state index contributed by atoms with van der Waals surface area (Å²) in [7, 11) is 0. The minimum Gasteiger partial charge on any atom is -0.299 e. The van der Waals surface area contributed by atoms with E-state index in [1.54, 1.807) is 0 Å². The Morgan fingerprint density at radius 2 is 1.93 bits per heavy atom. The SMILES string of the molecule is CC(C)(CCc1ccccc1)NCC#N. The molecule has 0 unspecified atom stereocenters. The van der Waals surface area contributed by atoms with Gasteiger partial charge in [-0.2, -0.15) is 5.26 Å². The fourth-order valence-corrected chi connectivity index (χ4v) is 1.47. The highest BCUT2D eigenvalue weighted by molar-refractivity contribution is 5.15. The van der Waals surface area contributed by atoms with Crippen molar-refractivity contribution in [2.75, 3.05) is 6.54 Å². The highest BCUT2D eigenvalue weighted by Gasteiger charge is 2.15. The van der Waals surface area contributed by atoms with Gasteiger partial charge in [0.25, 0.3) is 0 Å². The molecule has 0 fully saturated rings. The van der Waals surface area contributed by atoms with Gasteiger partial charge in [-0.3, -0.25) is 5.32 Å². The van der Waals surface area contributed by atoms with Crippen LogP contribution in [-0.4, -0.2) is 12.1 Å². The van der Waals surface area contributed by atoms with Crippen molar-refractivity contribution in [2.24, 2.45) is 0 Å². The molecule has 0 saturated heterocycles. The summed E-state index contributed by atoms with van der Waals surface area (Å²) in [4.78, 5) is 0. The average molecular weight is 202 g/mol. The molecule has 80 valence electrons. The second-order valence-electron chi connectivity index (χ2n) is 4.38. The Kier molecular flexibility index (Phi) is 4.33. The quantitative estimate of drug-likeness (QED) is 0.745. The summed E-state index contributed by atoms with van der Waals surface area (Å²) < 4.78 is 0. The number of hydrogen-bond acceptors (Lipinski definition) is 2. The van der Waals surface area contributed by atoms with Gasteiger partial charge in [0.2, 0.25) is 0 Å². The summed E-state index contributed by atoms with van der Waals surface area (Å²) in [6.45, 7) is 4.68. The van der Waals surface area contributed by atoms with Gasteiger partial charge in [-0.15, -0.1) is 0 Å². The minimum atomic E-state index is 0.0333. The molecule has 15 heavy (non-hydrogen) atoms. The summed E-state index contributed by atoms with van der Waals surface area (Å²) in [6.07, 6.45) is 2.09. The van der Waals surface area contributed by atoms with Gasteiger partial charge >= 0.3 is 0 Å². The van der Waals surface area contributed by atoms with Crippen LogP contribution in [0.25, 0.3) is 0 Å². The maximum Gasteiger partial charge on any atom is 0.0845 e. The third kappa shape index (κ3) is 4.62. The monoisotopic (exact) mass is 202 g/mol. The summed E-state index contributed by atoms with van der Waals surface area (Å²) in [6, 6.07) is 12.5. The van der Waals surface area contributed by atoms with Crippen LogP contribution in [0, 0.1) is 11.3 Å². The summed E-state index contributed by atoms with van der Waals surface area (Å²) in [5.74, 6) is 0. The third-order valence-corrected chi connectivity index (χ3v) is 2.53. The van der Waals surface area contributed by atoms with Crippen LogP contribution in [0.3, 0.4) is 0 Å². The zero-order valence-corrected chi connectivity index (χ0v) is 9.46. The van der Waals surface area contributed by atoms with Gasteiger partial charge in [-0.25, -0.2) is 0 Å². The maximum absolute atomic E-state index is 8.50. The van der Waals surface area contributed by atoms with Crippen molar-refractivity contribution in [2.45, 2.75) is 32.2 Å². The topological polar surface area (TPSA) is 35.8 Å². The molecule has 1 N–H and O–H groups in total. The fourth-order valence-electron chi connectivity index (χ4n) is 1.47. The molecule has 0 aliphatic heterocycles. The highest BCUT2D eigenvalue weighted by atomic mass is 14.9. The smallest absolute Gasteiger partial charge is 0.0845 e. The molecular weight excluding hydrogens is 184 g/mol. The predicted molar refractivity (Wildman–Crippen MR) is 62.5 cm³/mol. The Hall–Kier alpha value is -1.33. The molecular formula is C13H18N2. The van der Waals surface area contributed by atoms with Crippen LogP contribution in [0.15, 0.2) is 30.3 Å². The number of nitriles is 1. The Bertz CT molecular complexity index is 322. The predicted octanol–water partition coefficient (Wildman–Crippen LogP) is 2.51. The molecule has 1 rings (SSSR count). The van der Waals surface area contributed by atoms with Crippen LogP contribution in [-0.2, 0) is 6.42 Å². The first kappa shape index (κ1) is 11.7. The molecule has 0 saturated carbocycles. The summed E-state index contributed by atoms with van der Waals surface area (Å²) >= 11 is 0. The van der Waals surface area contributed by atoms with Crippen LogP contribution in [0.1, 0.15) is 25.8 Å². The van der Waals surface area contributed by atoms with E-state index in [0.717, 1.165) is 12.8 Å². The van der Waals surface area contributed by atoms with Gasteiger partial charge in [0, 0.05) is 5.54 Å². The number of rotatable bonds is 5. The van der Waals surface area contributed by atoms with E-state index in [2.05, 4.69) is 49.5 Å². The van der Waals surface area contributed by atoms with E-state index < -0.39 is 0 Å². The lowest BCUT2D eigenvalue weighted by atomic mass is 9.95. The molecule has 0 aliphatic carbocycles. The van der Waals surface area contributed by atoms with E-state index in [0.29, 0.717) is 6.54 Å². The van der Waals surface area contributed by atoms with Gasteiger partial charge in [0.05, 0.1) is 12.6 Å². The van der Waals surface area contributed by atoms with Crippen LogP contribution < -0.4 is 5.32 Å². The average Bonchev–Trinajstić information content (AvgIpc) is 2.25. The van der Waals surface area contributed by atoms with Gasteiger partial charge in [0.1, 0.15) is 0 Å². The molecule has 1 aromatic carbocycles. The van der Waals surface area contributed by atoms with E-state index in [1.807, 2.05) is 6.07 Å². The molecule has 0 aromatic heterocycles. The van der Waals surface area contributed by atoms with Crippen molar-refractivity contribution in [3.8, 4) is 6.07 Å². The van der Waals surface area contributed by atoms with Crippen molar-refractivity contribution >= 4 is 0 Å². The Morgan fingerprint density at radius 3 is 2.53 bits per heavy atom. The Balaban J connectivity index is 2.40. The standard InChI is InChI=1S/C13H18N2/c1-13(2,15-11-10-14)9-8-12-6-4-3-5-7-12/h3-7,15H,8-9,11H2,1-2H3. The molecule has 0 atom stereocenters. The van der Waals surface area contributed by atoms with Gasteiger partial charge in [0.15, 0.2) is 0 Å². The van der Waals surface area contributed by atoms with E-state index in [9.17, 15) is 0 Å². The number of aryl methyl sites for hydroxylation is 1. The molecule has 0 radical (unpaired) electrons. The lowest BCUT2D eigenvalue weighted by Gasteiger charge is -2.24.